The van der Waals surface area contributed by atoms with Crippen molar-refractivity contribution in [1.29, 1.82) is 0 Å². The lowest BCUT2D eigenvalue weighted by Gasteiger charge is -1.84. The Labute approximate surface area is 43.5 Å². The van der Waals surface area contributed by atoms with Crippen LogP contribution in [0.15, 0.2) is 24.4 Å². The second-order valence-corrected chi connectivity index (χ2v) is 1.14. The molecule has 0 heterocycles. The van der Waals surface area contributed by atoms with Crippen LogP contribution in [-0.4, -0.2) is 6.54 Å². The van der Waals surface area contributed by atoms with E-state index in [2.05, 4.69) is 6.58 Å². The largest absolute Gasteiger partial charge is 0.399 e. The minimum Gasteiger partial charge on any atom is -0.399 e. The van der Waals surface area contributed by atoms with Gasteiger partial charge in [0.2, 0.25) is 0 Å². The third kappa shape index (κ3) is 3.06. The zero-order valence-electron chi connectivity index (χ0n) is 4.22. The molecule has 0 fully saturated rings. The van der Waals surface area contributed by atoms with Gasteiger partial charge in [-0.15, -0.1) is 0 Å². The van der Waals surface area contributed by atoms with Crippen LogP contribution in [0.4, 0.5) is 0 Å². The topological polar surface area (TPSA) is 52.0 Å². The van der Waals surface area contributed by atoms with Gasteiger partial charge in [-0.25, -0.2) is 0 Å². The fourth-order valence-corrected chi connectivity index (χ4v) is 0.219. The van der Waals surface area contributed by atoms with Crippen LogP contribution < -0.4 is 11.5 Å². The average molecular weight is 98.1 g/mol. The monoisotopic (exact) mass is 98.1 g/mol. The minimum atomic E-state index is 0.484. The van der Waals surface area contributed by atoms with Crippen molar-refractivity contribution in [1.82, 2.24) is 0 Å². The molecule has 2 nitrogen and oxygen atoms in total. The lowest BCUT2D eigenvalue weighted by molar-refractivity contribution is 1.22. The summed E-state index contributed by atoms with van der Waals surface area (Å²) in [7, 11) is 0. The first-order valence-corrected chi connectivity index (χ1v) is 2.09. The predicted molar refractivity (Wildman–Crippen MR) is 31.5 cm³/mol. The lowest BCUT2D eigenvalue weighted by atomic mass is 10.4. The summed E-state index contributed by atoms with van der Waals surface area (Å²) >= 11 is 0. The molecular weight excluding hydrogens is 88.1 g/mol. The molecular formula is C5H10N2. The van der Waals surface area contributed by atoms with Gasteiger partial charge in [0.25, 0.3) is 0 Å². The first-order chi connectivity index (χ1) is 3.31. The summed E-state index contributed by atoms with van der Waals surface area (Å²) in [6.07, 6.45) is 3.26. The van der Waals surface area contributed by atoms with E-state index in [-0.39, 0.29) is 0 Å². The molecule has 0 aliphatic heterocycles. The molecule has 0 aliphatic carbocycles. The highest BCUT2D eigenvalue weighted by Crippen LogP contribution is 1.78. The molecule has 7 heavy (non-hydrogen) atoms. The van der Waals surface area contributed by atoms with Crippen LogP contribution in [-0.2, 0) is 0 Å². The lowest BCUT2D eigenvalue weighted by Crippen LogP contribution is -1.99. The smallest absolute Gasteiger partial charge is 0.0280 e. The Balaban J connectivity index is 3.49. The van der Waals surface area contributed by atoms with Gasteiger partial charge in [-0.05, 0) is 12.2 Å². The summed E-state index contributed by atoms with van der Waals surface area (Å²) in [6, 6.07) is 0. The molecule has 0 rings (SSSR count). The third-order valence-corrected chi connectivity index (χ3v) is 0.589. The second kappa shape index (κ2) is 3.43. The van der Waals surface area contributed by atoms with Gasteiger partial charge in [-0.1, -0.05) is 6.58 Å². The van der Waals surface area contributed by atoms with E-state index in [4.69, 9.17) is 11.5 Å². The summed E-state index contributed by atoms with van der Waals surface area (Å²) in [5.41, 5.74) is 11.0. The van der Waals surface area contributed by atoms with Gasteiger partial charge in [0.1, 0.15) is 0 Å². The molecule has 0 aromatic rings. The third-order valence-electron chi connectivity index (χ3n) is 0.589. The zero-order valence-corrected chi connectivity index (χ0v) is 4.22. The Morgan fingerprint density at radius 3 is 2.43 bits per heavy atom. The fraction of sp³-hybridized carbons (Fsp3) is 0.200. The Bertz CT molecular complexity index is 84.1. The van der Waals surface area contributed by atoms with Gasteiger partial charge >= 0.3 is 0 Å². The SMILES string of the molecule is C=C/C(N)=C\CN. The van der Waals surface area contributed by atoms with E-state index in [0.29, 0.717) is 12.2 Å². The molecule has 2 heteroatoms. The van der Waals surface area contributed by atoms with Crippen LogP contribution in [0, 0.1) is 0 Å². The summed E-state index contributed by atoms with van der Waals surface area (Å²) in [5.74, 6) is 0. The van der Waals surface area contributed by atoms with E-state index >= 15 is 0 Å². The maximum atomic E-state index is 5.25. The average Bonchev–Trinajstić information content (AvgIpc) is 1.68. The van der Waals surface area contributed by atoms with Crippen molar-refractivity contribution in [2.24, 2.45) is 11.5 Å². The maximum absolute atomic E-state index is 5.25. The van der Waals surface area contributed by atoms with Crippen molar-refractivity contribution in [2.75, 3.05) is 6.54 Å². The molecule has 0 amide bonds. The summed E-state index contributed by atoms with van der Waals surface area (Å²) in [4.78, 5) is 0. The number of allylic oxidation sites excluding steroid dienone is 1. The summed E-state index contributed by atoms with van der Waals surface area (Å²) in [6.45, 7) is 3.91. The first kappa shape index (κ1) is 6.24. The highest BCUT2D eigenvalue weighted by atomic mass is 14.6. The normalized spacial score (nSPS) is 11.3. The molecule has 4 N–H and O–H groups in total. The number of rotatable bonds is 2. The van der Waals surface area contributed by atoms with E-state index in [1.807, 2.05) is 0 Å². The van der Waals surface area contributed by atoms with Gasteiger partial charge in [-0.3, -0.25) is 0 Å². The highest BCUT2D eigenvalue weighted by Gasteiger charge is 1.72. The van der Waals surface area contributed by atoms with Crippen molar-refractivity contribution in [3.63, 3.8) is 0 Å². The molecule has 0 radical (unpaired) electrons. The van der Waals surface area contributed by atoms with E-state index in [9.17, 15) is 0 Å². The molecule has 0 saturated heterocycles. The Morgan fingerprint density at radius 2 is 2.29 bits per heavy atom. The molecule has 0 saturated carbocycles. The van der Waals surface area contributed by atoms with Crippen molar-refractivity contribution in [3.8, 4) is 0 Å². The maximum Gasteiger partial charge on any atom is 0.0280 e. The van der Waals surface area contributed by atoms with Crippen LogP contribution in [0.25, 0.3) is 0 Å². The van der Waals surface area contributed by atoms with Gasteiger partial charge in [0.05, 0.1) is 0 Å². The van der Waals surface area contributed by atoms with Crippen LogP contribution in [0.5, 0.6) is 0 Å². The second-order valence-electron chi connectivity index (χ2n) is 1.14. The molecule has 0 bridgehead atoms. The standard InChI is InChI=1S/C5H10N2/c1-2-5(7)3-4-6/h2-3H,1,4,6-7H2/b5-3+. The Kier molecular flexibility index (Phi) is 3.06. The van der Waals surface area contributed by atoms with E-state index < -0.39 is 0 Å². The van der Waals surface area contributed by atoms with Gasteiger partial charge in [0.15, 0.2) is 0 Å². The Morgan fingerprint density at radius 1 is 1.71 bits per heavy atom. The summed E-state index contributed by atoms with van der Waals surface area (Å²) in [5, 5.41) is 0. The highest BCUT2D eigenvalue weighted by molar-refractivity contribution is 5.11. The van der Waals surface area contributed by atoms with Gasteiger partial charge in [0, 0.05) is 12.2 Å². The van der Waals surface area contributed by atoms with Crippen molar-refractivity contribution in [3.05, 3.63) is 24.4 Å². The predicted octanol–water partition coefficient (Wildman–Crippen LogP) is -0.0263. The molecule has 0 aliphatic rings. The van der Waals surface area contributed by atoms with E-state index in [1.54, 1.807) is 12.2 Å². The van der Waals surface area contributed by atoms with Crippen LogP contribution >= 0.6 is 0 Å². The molecule has 0 atom stereocenters. The summed E-state index contributed by atoms with van der Waals surface area (Å²) < 4.78 is 0. The van der Waals surface area contributed by atoms with E-state index in [1.165, 1.54) is 0 Å². The molecule has 0 spiro atoms. The fourth-order valence-electron chi connectivity index (χ4n) is 0.219. The molecule has 0 unspecified atom stereocenters. The minimum absolute atomic E-state index is 0.484. The van der Waals surface area contributed by atoms with Crippen LogP contribution in [0.3, 0.4) is 0 Å². The first-order valence-electron chi connectivity index (χ1n) is 2.09. The van der Waals surface area contributed by atoms with Crippen molar-refractivity contribution in [2.45, 2.75) is 0 Å². The quantitative estimate of drug-likeness (QED) is 0.477. The van der Waals surface area contributed by atoms with E-state index in [0.717, 1.165) is 0 Å². The zero-order chi connectivity index (χ0) is 5.70. The molecule has 40 valence electrons. The van der Waals surface area contributed by atoms with Crippen molar-refractivity contribution >= 4 is 0 Å². The van der Waals surface area contributed by atoms with Gasteiger partial charge in [-0.2, -0.15) is 0 Å². The van der Waals surface area contributed by atoms with Crippen LogP contribution in [0.2, 0.25) is 0 Å². The van der Waals surface area contributed by atoms with Crippen LogP contribution in [0.1, 0.15) is 0 Å². The van der Waals surface area contributed by atoms with Gasteiger partial charge < -0.3 is 11.5 Å². The molecule has 0 aromatic heterocycles. The number of hydrogen-bond acceptors (Lipinski definition) is 2. The number of nitrogens with two attached hydrogens (primary N) is 2. The molecule has 0 aromatic carbocycles. The number of hydrogen-bond donors (Lipinski definition) is 2. The Hall–Kier alpha value is -0.760. The van der Waals surface area contributed by atoms with Crippen molar-refractivity contribution < 1.29 is 0 Å².